The van der Waals surface area contributed by atoms with Crippen molar-refractivity contribution in [3.8, 4) is 0 Å². The number of benzene rings is 1. The standard InChI is InChI=1S/C20H28N2O5/c1-13-10-14(2)16(15(3)11-13)12-17(23)21-20(19(26)27)5-8-22(9-6-20)7-4-18(24)25/h10-11H,4-9,12H2,1-3H3,(H,21,23)(H,24,25)(H,26,27). The predicted molar refractivity (Wildman–Crippen MR) is 101 cm³/mol. The van der Waals surface area contributed by atoms with Crippen molar-refractivity contribution < 1.29 is 24.6 Å². The summed E-state index contributed by atoms with van der Waals surface area (Å²) in [5.74, 6) is -2.21. The molecular weight excluding hydrogens is 348 g/mol. The summed E-state index contributed by atoms with van der Waals surface area (Å²) in [6, 6.07) is 4.03. The fraction of sp³-hybridized carbons (Fsp3) is 0.550. The lowest BCUT2D eigenvalue weighted by Crippen LogP contribution is -2.60. The number of nitrogens with one attached hydrogen (secondary N) is 1. The summed E-state index contributed by atoms with van der Waals surface area (Å²) in [6.45, 7) is 7.19. The van der Waals surface area contributed by atoms with Gasteiger partial charge in [0, 0.05) is 19.6 Å². The third kappa shape index (κ3) is 5.29. The first-order chi connectivity index (χ1) is 12.6. The number of amides is 1. The number of rotatable bonds is 7. The van der Waals surface area contributed by atoms with Gasteiger partial charge in [-0.3, -0.25) is 9.59 Å². The number of nitrogens with zero attached hydrogens (tertiary/aromatic N) is 1. The molecule has 27 heavy (non-hydrogen) atoms. The van der Waals surface area contributed by atoms with Crippen LogP contribution in [0.4, 0.5) is 0 Å². The Kier molecular flexibility index (Phi) is 6.59. The highest BCUT2D eigenvalue weighted by molar-refractivity contribution is 5.88. The summed E-state index contributed by atoms with van der Waals surface area (Å²) < 4.78 is 0. The van der Waals surface area contributed by atoms with Crippen molar-refractivity contribution in [2.24, 2.45) is 0 Å². The fourth-order valence-corrected chi connectivity index (χ4v) is 3.76. The third-order valence-electron chi connectivity index (χ3n) is 5.32. The third-order valence-corrected chi connectivity index (χ3v) is 5.32. The molecule has 1 fully saturated rings. The van der Waals surface area contributed by atoms with E-state index in [1.165, 1.54) is 0 Å². The van der Waals surface area contributed by atoms with Gasteiger partial charge in [0.2, 0.25) is 5.91 Å². The van der Waals surface area contributed by atoms with Gasteiger partial charge in [-0.25, -0.2) is 4.79 Å². The monoisotopic (exact) mass is 376 g/mol. The highest BCUT2D eigenvalue weighted by Gasteiger charge is 2.42. The summed E-state index contributed by atoms with van der Waals surface area (Å²) in [4.78, 5) is 37.1. The number of hydrogen-bond acceptors (Lipinski definition) is 4. The maximum Gasteiger partial charge on any atom is 0.329 e. The number of hydrogen-bond donors (Lipinski definition) is 3. The molecule has 0 aromatic heterocycles. The Bertz CT molecular complexity index is 713. The van der Waals surface area contributed by atoms with Crippen LogP contribution in [0.15, 0.2) is 12.1 Å². The van der Waals surface area contributed by atoms with E-state index in [1.807, 2.05) is 37.8 Å². The van der Waals surface area contributed by atoms with Crippen LogP contribution < -0.4 is 5.32 Å². The normalized spacial score (nSPS) is 16.7. The van der Waals surface area contributed by atoms with Gasteiger partial charge in [0.05, 0.1) is 12.8 Å². The Labute approximate surface area is 159 Å². The minimum atomic E-state index is -1.29. The number of carboxylic acid groups (broad SMARTS) is 2. The molecule has 1 aromatic rings. The van der Waals surface area contributed by atoms with Crippen LogP contribution in [-0.4, -0.2) is 58.1 Å². The van der Waals surface area contributed by atoms with Crippen molar-refractivity contribution >= 4 is 17.8 Å². The number of carbonyl (C=O) groups excluding carboxylic acids is 1. The summed E-state index contributed by atoms with van der Waals surface area (Å²) in [5, 5.41) is 21.3. The second-order valence-corrected chi connectivity index (χ2v) is 7.47. The average Bonchev–Trinajstić information content (AvgIpc) is 2.57. The second kappa shape index (κ2) is 8.52. The van der Waals surface area contributed by atoms with Gasteiger partial charge < -0.3 is 20.4 Å². The molecule has 1 saturated heterocycles. The Morgan fingerprint density at radius 1 is 1.07 bits per heavy atom. The smallest absolute Gasteiger partial charge is 0.329 e. The Balaban J connectivity index is 2.03. The molecule has 3 N–H and O–H groups in total. The van der Waals surface area contributed by atoms with Crippen molar-refractivity contribution in [1.29, 1.82) is 0 Å². The molecule has 1 aliphatic heterocycles. The number of carboxylic acids is 2. The Morgan fingerprint density at radius 3 is 2.11 bits per heavy atom. The molecule has 0 spiro atoms. The lowest BCUT2D eigenvalue weighted by molar-refractivity contribution is -0.150. The molecule has 148 valence electrons. The van der Waals surface area contributed by atoms with Crippen LogP contribution in [0.5, 0.6) is 0 Å². The van der Waals surface area contributed by atoms with Gasteiger partial charge >= 0.3 is 11.9 Å². The van der Waals surface area contributed by atoms with Gasteiger partial charge in [0.25, 0.3) is 0 Å². The Morgan fingerprint density at radius 2 is 1.63 bits per heavy atom. The van der Waals surface area contributed by atoms with Gasteiger partial charge in [0.15, 0.2) is 0 Å². The van der Waals surface area contributed by atoms with E-state index in [0.717, 1.165) is 22.3 Å². The molecule has 7 heteroatoms. The van der Waals surface area contributed by atoms with Gasteiger partial charge in [0.1, 0.15) is 5.54 Å². The van der Waals surface area contributed by atoms with E-state index >= 15 is 0 Å². The molecule has 0 unspecified atom stereocenters. The van der Waals surface area contributed by atoms with E-state index in [2.05, 4.69) is 5.32 Å². The summed E-state index contributed by atoms with van der Waals surface area (Å²) in [7, 11) is 0. The molecule has 0 aliphatic carbocycles. The quantitative estimate of drug-likeness (QED) is 0.668. The molecule has 1 heterocycles. The van der Waals surface area contributed by atoms with Crippen LogP contribution in [0.1, 0.15) is 41.5 Å². The first-order valence-electron chi connectivity index (χ1n) is 9.18. The van der Waals surface area contributed by atoms with Crippen LogP contribution >= 0.6 is 0 Å². The van der Waals surface area contributed by atoms with E-state index in [9.17, 15) is 19.5 Å². The first kappa shape index (κ1) is 20.9. The molecule has 0 saturated carbocycles. The van der Waals surface area contributed by atoms with Gasteiger partial charge in [-0.15, -0.1) is 0 Å². The van der Waals surface area contributed by atoms with E-state index in [4.69, 9.17) is 5.11 Å². The summed E-state index contributed by atoms with van der Waals surface area (Å²) in [5.41, 5.74) is 2.82. The molecular formula is C20H28N2O5. The van der Waals surface area contributed by atoms with Crippen LogP contribution in [0.25, 0.3) is 0 Å². The van der Waals surface area contributed by atoms with E-state index < -0.39 is 17.5 Å². The van der Waals surface area contributed by atoms with E-state index in [1.54, 1.807) is 0 Å². The number of carbonyl (C=O) groups is 3. The number of likely N-dealkylation sites (tertiary alicyclic amines) is 1. The fourth-order valence-electron chi connectivity index (χ4n) is 3.76. The predicted octanol–water partition coefficient (Wildman–Crippen LogP) is 1.66. The topological polar surface area (TPSA) is 107 Å². The average molecular weight is 376 g/mol. The van der Waals surface area contributed by atoms with Crippen molar-refractivity contribution in [3.63, 3.8) is 0 Å². The number of piperidine rings is 1. The zero-order valence-corrected chi connectivity index (χ0v) is 16.2. The van der Waals surface area contributed by atoms with Gasteiger partial charge in [-0.1, -0.05) is 17.7 Å². The molecule has 2 rings (SSSR count). The van der Waals surface area contributed by atoms with Crippen molar-refractivity contribution in [1.82, 2.24) is 10.2 Å². The maximum absolute atomic E-state index is 12.6. The van der Waals surface area contributed by atoms with Crippen molar-refractivity contribution in [2.45, 2.75) is 52.0 Å². The van der Waals surface area contributed by atoms with E-state index in [0.29, 0.717) is 19.6 Å². The number of aliphatic carboxylic acids is 2. The van der Waals surface area contributed by atoms with Crippen LogP contribution in [0.2, 0.25) is 0 Å². The zero-order valence-electron chi connectivity index (χ0n) is 16.2. The minimum absolute atomic E-state index is 0.0262. The lowest BCUT2D eigenvalue weighted by Gasteiger charge is -2.39. The highest BCUT2D eigenvalue weighted by atomic mass is 16.4. The van der Waals surface area contributed by atoms with Crippen LogP contribution in [0.3, 0.4) is 0 Å². The van der Waals surface area contributed by atoms with Crippen molar-refractivity contribution in [3.05, 3.63) is 34.4 Å². The largest absolute Gasteiger partial charge is 0.481 e. The highest BCUT2D eigenvalue weighted by Crippen LogP contribution is 2.24. The van der Waals surface area contributed by atoms with Crippen LogP contribution in [0, 0.1) is 20.8 Å². The first-order valence-corrected chi connectivity index (χ1v) is 9.18. The zero-order chi connectivity index (χ0) is 20.2. The molecule has 0 atom stereocenters. The molecule has 1 aliphatic rings. The van der Waals surface area contributed by atoms with Crippen molar-refractivity contribution in [2.75, 3.05) is 19.6 Å². The Hall–Kier alpha value is -2.41. The second-order valence-electron chi connectivity index (χ2n) is 7.47. The lowest BCUT2D eigenvalue weighted by atomic mass is 9.86. The molecule has 1 aromatic carbocycles. The van der Waals surface area contributed by atoms with Gasteiger partial charge in [-0.2, -0.15) is 0 Å². The molecule has 1 amide bonds. The molecule has 0 radical (unpaired) electrons. The number of aryl methyl sites for hydroxylation is 3. The molecule has 0 bridgehead atoms. The summed E-state index contributed by atoms with van der Waals surface area (Å²) in [6.07, 6.45) is 0.702. The van der Waals surface area contributed by atoms with Crippen LogP contribution in [-0.2, 0) is 20.8 Å². The minimum Gasteiger partial charge on any atom is -0.481 e. The van der Waals surface area contributed by atoms with Gasteiger partial charge in [-0.05, 0) is 50.3 Å². The SMILES string of the molecule is Cc1cc(C)c(CC(=O)NC2(C(=O)O)CCN(CCC(=O)O)CC2)c(C)c1. The maximum atomic E-state index is 12.6. The summed E-state index contributed by atoms with van der Waals surface area (Å²) >= 11 is 0. The van der Waals surface area contributed by atoms with E-state index in [-0.39, 0.29) is 31.6 Å². The molecule has 7 nitrogen and oxygen atoms in total.